The Hall–Kier alpha value is -1.52. The van der Waals surface area contributed by atoms with Gasteiger partial charge in [0.2, 0.25) is 5.43 Å². The number of hydrogen-bond acceptors (Lipinski definition) is 2. The SMILES string of the molecule is O=c1cc(C(F)(F)F)cccc1O. The predicted molar refractivity (Wildman–Crippen MR) is 39.4 cm³/mol. The lowest BCUT2D eigenvalue weighted by molar-refractivity contribution is -0.137. The first-order valence-electron chi connectivity index (χ1n) is 3.32. The molecule has 0 heterocycles. The van der Waals surface area contributed by atoms with Crippen molar-refractivity contribution in [3.8, 4) is 5.75 Å². The Bertz CT molecular complexity index is 371. The normalized spacial score (nSPS) is 11.3. The van der Waals surface area contributed by atoms with Crippen LogP contribution in [-0.4, -0.2) is 5.11 Å². The van der Waals surface area contributed by atoms with Gasteiger partial charge in [-0.05, 0) is 12.1 Å². The van der Waals surface area contributed by atoms with E-state index in [1.54, 1.807) is 0 Å². The maximum Gasteiger partial charge on any atom is 0.416 e. The molecule has 0 aromatic heterocycles. The highest BCUT2D eigenvalue weighted by atomic mass is 19.4. The number of hydrogen-bond donors (Lipinski definition) is 1. The standard InChI is InChI=1S/C8H5F3O2/c9-8(10,11)5-2-1-3-6(12)7(13)4-5/h1-4H,(H,12,13). The second kappa shape index (κ2) is 3.08. The van der Waals surface area contributed by atoms with Crippen molar-refractivity contribution in [1.29, 1.82) is 0 Å². The molecule has 13 heavy (non-hydrogen) atoms. The zero-order valence-corrected chi connectivity index (χ0v) is 6.30. The number of rotatable bonds is 0. The Morgan fingerprint density at radius 1 is 1.23 bits per heavy atom. The van der Waals surface area contributed by atoms with E-state index in [-0.39, 0.29) is 0 Å². The van der Waals surface area contributed by atoms with E-state index in [4.69, 9.17) is 5.11 Å². The molecule has 0 aliphatic carbocycles. The molecule has 0 radical (unpaired) electrons. The molecule has 0 saturated heterocycles. The Morgan fingerprint density at radius 2 is 1.85 bits per heavy atom. The summed E-state index contributed by atoms with van der Waals surface area (Å²) < 4.78 is 36.1. The minimum atomic E-state index is -4.56. The second-order valence-electron chi connectivity index (χ2n) is 2.37. The van der Waals surface area contributed by atoms with Crippen LogP contribution in [0.25, 0.3) is 0 Å². The molecule has 5 heteroatoms. The highest BCUT2D eigenvalue weighted by Crippen LogP contribution is 2.27. The molecular weight excluding hydrogens is 185 g/mol. The predicted octanol–water partition coefficient (Wildman–Crippen LogP) is 1.77. The fraction of sp³-hybridized carbons (Fsp3) is 0.125. The lowest BCUT2D eigenvalue weighted by atomic mass is 10.3. The zero-order chi connectivity index (χ0) is 10.1. The molecule has 0 atom stereocenters. The first kappa shape index (κ1) is 9.57. The van der Waals surface area contributed by atoms with Crippen molar-refractivity contribution in [3.05, 3.63) is 40.1 Å². The average molecular weight is 190 g/mol. The molecule has 0 saturated carbocycles. The van der Waals surface area contributed by atoms with E-state index in [9.17, 15) is 18.0 Å². The maximum absolute atomic E-state index is 12.0. The molecule has 0 amide bonds. The lowest BCUT2D eigenvalue weighted by Gasteiger charge is -2.01. The van der Waals surface area contributed by atoms with Crippen LogP contribution in [0.15, 0.2) is 29.1 Å². The van der Waals surface area contributed by atoms with E-state index < -0.39 is 22.9 Å². The van der Waals surface area contributed by atoms with E-state index in [2.05, 4.69) is 0 Å². The molecule has 1 N–H and O–H groups in total. The zero-order valence-electron chi connectivity index (χ0n) is 6.30. The fourth-order valence-corrected chi connectivity index (χ4v) is 0.765. The van der Waals surface area contributed by atoms with Gasteiger partial charge in [0.1, 0.15) is 0 Å². The average Bonchev–Trinajstić information content (AvgIpc) is 2.13. The van der Waals surface area contributed by atoms with Crippen molar-refractivity contribution >= 4 is 0 Å². The summed E-state index contributed by atoms with van der Waals surface area (Å²) >= 11 is 0. The molecule has 1 aromatic carbocycles. The van der Waals surface area contributed by atoms with E-state index >= 15 is 0 Å². The Balaban J connectivity index is 3.39. The molecule has 2 nitrogen and oxygen atoms in total. The van der Waals surface area contributed by atoms with Crippen molar-refractivity contribution in [1.82, 2.24) is 0 Å². The van der Waals surface area contributed by atoms with Crippen LogP contribution in [0.3, 0.4) is 0 Å². The van der Waals surface area contributed by atoms with Crippen molar-refractivity contribution < 1.29 is 18.3 Å². The van der Waals surface area contributed by atoms with Gasteiger partial charge in [0.25, 0.3) is 0 Å². The van der Waals surface area contributed by atoms with Gasteiger partial charge in [-0.2, -0.15) is 13.2 Å². The third kappa shape index (κ3) is 2.21. The molecule has 70 valence electrons. The van der Waals surface area contributed by atoms with Crippen LogP contribution >= 0.6 is 0 Å². The minimum Gasteiger partial charge on any atom is -0.504 e. The highest BCUT2D eigenvalue weighted by molar-refractivity contribution is 5.25. The van der Waals surface area contributed by atoms with E-state index in [1.807, 2.05) is 0 Å². The van der Waals surface area contributed by atoms with E-state index in [1.165, 1.54) is 0 Å². The number of halogens is 3. The Kier molecular flexibility index (Phi) is 2.27. The third-order valence-electron chi connectivity index (χ3n) is 1.40. The lowest BCUT2D eigenvalue weighted by Crippen LogP contribution is -2.06. The fourth-order valence-electron chi connectivity index (χ4n) is 0.765. The maximum atomic E-state index is 12.0. The Morgan fingerprint density at radius 3 is 2.38 bits per heavy atom. The number of aromatic hydroxyl groups is 1. The van der Waals surface area contributed by atoms with Crippen LogP contribution in [0.2, 0.25) is 0 Å². The molecular formula is C8H5F3O2. The van der Waals surface area contributed by atoms with Crippen molar-refractivity contribution in [2.45, 2.75) is 6.18 Å². The van der Waals surface area contributed by atoms with Gasteiger partial charge in [0, 0.05) is 6.07 Å². The molecule has 0 aliphatic heterocycles. The van der Waals surface area contributed by atoms with E-state index in [0.29, 0.717) is 6.07 Å². The molecule has 0 unspecified atom stereocenters. The quantitative estimate of drug-likeness (QED) is 0.676. The van der Waals surface area contributed by atoms with Crippen LogP contribution < -0.4 is 5.43 Å². The first-order valence-corrected chi connectivity index (χ1v) is 3.32. The summed E-state index contributed by atoms with van der Waals surface area (Å²) in [7, 11) is 0. The topological polar surface area (TPSA) is 37.3 Å². The molecule has 0 spiro atoms. The van der Waals surface area contributed by atoms with Gasteiger partial charge in [0.15, 0.2) is 5.75 Å². The van der Waals surface area contributed by atoms with Gasteiger partial charge < -0.3 is 5.11 Å². The molecule has 0 fully saturated rings. The summed E-state index contributed by atoms with van der Waals surface area (Å²) in [6, 6.07) is 2.97. The summed E-state index contributed by atoms with van der Waals surface area (Å²) in [5.41, 5.74) is -2.12. The molecule has 0 bridgehead atoms. The monoisotopic (exact) mass is 190 g/mol. The highest BCUT2D eigenvalue weighted by Gasteiger charge is 2.30. The largest absolute Gasteiger partial charge is 0.504 e. The minimum absolute atomic E-state index is 0.356. The van der Waals surface area contributed by atoms with Crippen molar-refractivity contribution in [3.63, 3.8) is 0 Å². The van der Waals surface area contributed by atoms with Crippen LogP contribution in [-0.2, 0) is 6.18 Å². The van der Waals surface area contributed by atoms with E-state index in [0.717, 1.165) is 18.2 Å². The second-order valence-corrected chi connectivity index (χ2v) is 2.37. The molecule has 1 aromatic rings. The van der Waals surface area contributed by atoms with Gasteiger partial charge >= 0.3 is 6.18 Å². The summed E-state index contributed by atoms with van der Waals surface area (Å²) in [6.07, 6.45) is -4.56. The van der Waals surface area contributed by atoms with Gasteiger partial charge in [-0.1, -0.05) is 6.07 Å². The third-order valence-corrected chi connectivity index (χ3v) is 1.40. The van der Waals surface area contributed by atoms with Gasteiger partial charge in [-0.3, -0.25) is 4.79 Å². The van der Waals surface area contributed by atoms with Crippen molar-refractivity contribution in [2.75, 3.05) is 0 Å². The van der Waals surface area contributed by atoms with Crippen LogP contribution in [0.5, 0.6) is 5.75 Å². The first-order chi connectivity index (χ1) is 5.91. The Labute approximate surface area is 71.3 Å². The summed E-state index contributed by atoms with van der Waals surface area (Å²) in [6.45, 7) is 0. The van der Waals surface area contributed by atoms with Crippen LogP contribution in [0, 0.1) is 0 Å². The molecule has 1 rings (SSSR count). The van der Waals surface area contributed by atoms with Gasteiger partial charge in [-0.15, -0.1) is 0 Å². The van der Waals surface area contributed by atoms with Gasteiger partial charge in [-0.25, -0.2) is 0 Å². The smallest absolute Gasteiger partial charge is 0.416 e. The summed E-state index contributed by atoms with van der Waals surface area (Å²) in [4.78, 5) is 10.7. The van der Waals surface area contributed by atoms with Crippen LogP contribution in [0.4, 0.5) is 13.2 Å². The van der Waals surface area contributed by atoms with Gasteiger partial charge in [0.05, 0.1) is 5.56 Å². The van der Waals surface area contributed by atoms with Crippen LogP contribution in [0.1, 0.15) is 5.56 Å². The molecule has 0 aliphatic rings. The van der Waals surface area contributed by atoms with Crippen molar-refractivity contribution in [2.24, 2.45) is 0 Å². The summed E-state index contributed by atoms with van der Waals surface area (Å²) in [5, 5.41) is 8.79. The number of alkyl halides is 3. The summed E-state index contributed by atoms with van der Waals surface area (Å²) in [5.74, 6) is -0.699.